The Morgan fingerprint density at radius 3 is 2.47 bits per heavy atom. The van der Waals surface area contributed by atoms with Crippen LogP contribution in [0.15, 0.2) is 18.2 Å². The summed E-state index contributed by atoms with van der Waals surface area (Å²) < 4.78 is 5.78. The lowest BCUT2D eigenvalue weighted by atomic mass is 10.1. The molecule has 2 nitrogen and oxygen atoms in total. The van der Waals surface area contributed by atoms with Crippen LogP contribution in [0.1, 0.15) is 45.3 Å². The molecule has 0 aliphatic carbocycles. The highest BCUT2D eigenvalue weighted by atomic mass is 35.5. The van der Waals surface area contributed by atoms with E-state index in [1.807, 2.05) is 6.07 Å². The Bertz CT molecular complexity index is 346. The summed E-state index contributed by atoms with van der Waals surface area (Å²) in [5.74, 6) is 1.30. The SMILES string of the molecule is CCC(CC)COc1ccc(Cl)cc1[C@@H](C)O. The van der Waals surface area contributed by atoms with E-state index in [2.05, 4.69) is 13.8 Å². The highest BCUT2D eigenvalue weighted by molar-refractivity contribution is 6.30. The first-order valence-corrected chi connectivity index (χ1v) is 6.56. The smallest absolute Gasteiger partial charge is 0.125 e. The van der Waals surface area contributed by atoms with Crippen molar-refractivity contribution in [2.75, 3.05) is 6.61 Å². The minimum Gasteiger partial charge on any atom is -0.493 e. The largest absolute Gasteiger partial charge is 0.493 e. The monoisotopic (exact) mass is 256 g/mol. The molecule has 0 bridgehead atoms. The third kappa shape index (κ3) is 4.21. The van der Waals surface area contributed by atoms with E-state index in [0.717, 1.165) is 24.2 Å². The first-order chi connectivity index (χ1) is 8.08. The van der Waals surface area contributed by atoms with Crippen molar-refractivity contribution in [3.05, 3.63) is 28.8 Å². The lowest BCUT2D eigenvalue weighted by Gasteiger charge is -2.17. The fourth-order valence-corrected chi connectivity index (χ4v) is 1.89. The van der Waals surface area contributed by atoms with Crippen molar-refractivity contribution >= 4 is 11.6 Å². The molecule has 1 aromatic rings. The van der Waals surface area contributed by atoms with Crippen molar-refractivity contribution in [2.24, 2.45) is 5.92 Å². The molecule has 1 rings (SSSR count). The second-order valence-corrected chi connectivity index (χ2v) is 4.79. The Morgan fingerprint density at radius 1 is 1.29 bits per heavy atom. The molecule has 0 amide bonds. The van der Waals surface area contributed by atoms with Gasteiger partial charge in [0, 0.05) is 10.6 Å². The summed E-state index contributed by atoms with van der Waals surface area (Å²) in [7, 11) is 0. The summed E-state index contributed by atoms with van der Waals surface area (Å²) in [5, 5.41) is 10.3. The normalized spacial score (nSPS) is 12.8. The predicted octanol–water partition coefficient (Wildman–Crippen LogP) is 4.21. The van der Waals surface area contributed by atoms with Gasteiger partial charge >= 0.3 is 0 Å². The molecule has 96 valence electrons. The van der Waals surface area contributed by atoms with Crippen molar-refractivity contribution in [1.82, 2.24) is 0 Å². The van der Waals surface area contributed by atoms with Gasteiger partial charge in [-0.2, -0.15) is 0 Å². The van der Waals surface area contributed by atoms with Gasteiger partial charge in [0.2, 0.25) is 0 Å². The van der Waals surface area contributed by atoms with Crippen LogP contribution in [0.3, 0.4) is 0 Å². The average Bonchev–Trinajstić information content (AvgIpc) is 2.31. The molecule has 0 aromatic heterocycles. The Labute approximate surface area is 109 Å². The predicted molar refractivity (Wildman–Crippen MR) is 71.7 cm³/mol. The van der Waals surface area contributed by atoms with E-state index in [9.17, 15) is 5.11 Å². The van der Waals surface area contributed by atoms with Gasteiger partial charge in [-0.3, -0.25) is 0 Å². The summed E-state index contributed by atoms with van der Waals surface area (Å²) in [6, 6.07) is 5.37. The molecule has 0 spiro atoms. The van der Waals surface area contributed by atoms with Crippen LogP contribution >= 0.6 is 11.6 Å². The molecule has 0 heterocycles. The van der Waals surface area contributed by atoms with Crippen LogP contribution < -0.4 is 4.74 Å². The zero-order valence-electron chi connectivity index (χ0n) is 10.7. The van der Waals surface area contributed by atoms with Crippen LogP contribution in [0, 0.1) is 5.92 Å². The quantitative estimate of drug-likeness (QED) is 0.826. The summed E-state index contributed by atoms with van der Waals surface area (Å²) in [5.41, 5.74) is 0.753. The molecule has 1 N–H and O–H groups in total. The van der Waals surface area contributed by atoms with Crippen molar-refractivity contribution in [2.45, 2.75) is 39.7 Å². The van der Waals surface area contributed by atoms with Gasteiger partial charge in [0.15, 0.2) is 0 Å². The van der Waals surface area contributed by atoms with Gasteiger partial charge < -0.3 is 9.84 Å². The fraction of sp³-hybridized carbons (Fsp3) is 0.571. The number of benzene rings is 1. The minimum atomic E-state index is -0.564. The third-order valence-electron chi connectivity index (χ3n) is 3.05. The van der Waals surface area contributed by atoms with Crippen molar-refractivity contribution in [3.63, 3.8) is 0 Å². The second kappa shape index (κ2) is 6.87. The van der Waals surface area contributed by atoms with Gasteiger partial charge in [-0.1, -0.05) is 38.3 Å². The first-order valence-electron chi connectivity index (χ1n) is 6.18. The van der Waals surface area contributed by atoms with Crippen molar-refractivity contribution < 1.29 is 9.84 Å². The van der Waals surface area contributed by atoms with Gasteiger partial charge in [-0.05, 0) is 31.0 Å². The maximum absolute atomic E-state index is 9.67. The second-order valence-electron chi connectivity index (χ2n) is 4.35. The van der Waals surface area contributed by atoms with Crippen LogP contribution in [0.25, 0.3) is 0 Å². The molecule has 0 saturated heterocycles. The van der Waals surface area contributed by atoms with E-state index < -0.39 is 6.10 Å². The summed E-state index contributed by atoms with van der Waals surface area (Å²) >= 11 is 5.91. The molecule has 17 heavy (non-hydrogen) atoms. The summed E-state index contributed by atoms with van der Waals surface area (Å²) in [4.78, 5) is 0. The van der Waals surface area contributed by atoms with Crippen LogP contribution in [0.5, 0.6) is 5.75 Å². The molecule has 0 fully saturated rings. The van der Waals surface area contributed by atoms with E-state index in [1.165, 1.54) is 0 Å². The molecule has 0 radical (unpaired) electrons. The minimum absolute atomic E-state index is 0.563. The third-order valence-corrected chi connectivity index (χ3v) is 3.29. The lowest BCUT2D eigenvalue weighted by Crippen LogP contribution is -2.11. The van der Waals surface area contributed by atoms with E-state index in [-0.39, 0.29) is 0 Å². The van der Waals surface area contributed by atoms with Gasteiger partial charge in [0.1, 0.15) is 5.75 Å². The van der Waals surface area contributed by atoms with Crippen LogP contribution in [0.2, 0.25) is 5.02 Å². The highest BCUT2D eigenvalue weighted by Crippen LogP contribution is 2.28. The maximum atomic E-state index is 9.67. The number of halogens is 1. The van der Waals surface area contributed by atoms with Gasteiger partial charge in [-0.25, -0.2) is 0 Å². The lowest BCUT2D eigenvalue weighted by molar-refractivity contribution is 0.184. The Kier molecular flexibility index (Phi) is 5.79. The fourth-order valence-electron chi connectivity index (χ4n) is 1.71. The topological polar surface area (TPSA) is 29.5 Å². The number of aliphatic hydroxyl groups excluding tert-OH is 1. The Hall–Kier alpha value is -0.730. The zero-order chi connectivity index (χ0) is 12.8. The van der Waals surface area contributed by atoms with Crippen LogP contribution in [0.4, 0.5) is 0 Å². The molecule has 0 saturated carbocycles. The molecule has 3 heteroatoms. The maximum Gasteiger partial charge on any atom is 0.125 e. The van der Waals surface area contributed by atoms with Crippen LogP contribution in [-0.4, -0.2) is 11.7 Å². The van der Waals surface area contributed by atoms with Crippen molar-refractivity contribution in [3.8, 4) is 5.75 Å². The zero-order valence-corrected chi connectivity index (χ0v) is 11.5. The number of ether oxygens (including phenoxy) is 1. The number of aliphatic hydroxyl groups is 1. The van der Waals surface area contributed by atoms with E-state index in [1.54, 1.807) is 19.1 Å². The molecule has 0 unspecified atom stereocenters. The number of rotatable bonds is 6. The van der Waals surface area contributed by atoms with E-state index in [0.29, 0.717) is 17.5 Å². The van der Waals surface area contributed by atoms with Gasteiger partial charge in [0.05, 0.1) is 12.7 Å². The van der Waals surface area contributed by atoms with E-state index >= 15 is 0 Å². The molecule has 1 atom stereocenters. The number of hydrogen-bond donors (Lipinski definition) is 1. The standard InChI is InChI=1S/C14H21ClO2/c1-4-11(5-2)9-17-14-7-6-12(15)8-13(14)10(3)16/h6-8,10-11,16H,4-5,9H2,1-3H3/t10-/m1/s1. The van der Waals surface area contributed by atoms with E-state index in [4.69, 9.17) is 16.3 Å². The molecule has 0 aliphatic rings. The van der Waals surface area contributed by atoms with Gasteiger partial charge in [-0.15, -0.1) is 0 Å². The molecular weight excluding hydrogens is 236 g/mol. The van der Waals surface area contributed by atoms with Crippen LogP contribution in [-0.2, 0) is 0 Å². The van der Waals surface area contributed by atoms with Crippen molar-refractivity contribution in [1.29, 1.82) is 0 Å². The Balaban J connectivity index is 2.76. The summed E-state index contributed by atoms with van der Waals surface area (Å²) in [6.07, 6.45) is 1.65. The first kappa shape index (κ1) is 14.3. The summed E-state index contributed by atoms with van der Waals surface area (Å²) in [6.45, 7) is 6.73. The molecule has 1 aromatic carbocycles. The molecular formula is C14H21ClO2. The molecule has 0 aliphatic heterocycles. The van der Waals surface area contributed by atoms with Gasteiger partial charge in [0.25, 0.3) is 0 Å². The number of hydrogen-bond acceptors (Lipinski definition) is 2. The average molecular weight is 257 g/mol. The Morgan fingerprint density at radius 2 is 1.94 bits per heavy atom. The highest BCUT2D eigenvalue weighted by Gasteiger charge is 2.11.